The van der Waals surface area contributed by atoms with Gasteiger partial charge in [-0.25, -0.2) is 0 Å². The first-order valence-electron chi connectivity index (χ1n) is 6.05. The van der Waals surface area contributed by atoms with E-state index in [1.165, 1.54) is 16.7 Å². The van der Waals surface area contributed by atoms with E-state index in [1.54, 1.807) is 7.11 Å². The third-order valence-electron chi connectivity index (χ3n) is 3.04. The summed E-state index contributed by atoms with van der Waals surface area (Å²) in [6.45, 7) is 4.30. The number of ether oxygens (including phenoxy) is 1. The average Bonchev–Trinajstić information content (AvgIpc) is 2.39. The molecule has 2 aromatic rings. The van der Waals surface area contributed by atoms with Crippen molar-refractivity contribution in [3.63, 3.8) is 0 Å². The molecule has 0 aliphatic carbocycles. The largest absolute Gasteiger partial charge is 0.497 e. The monoisotopic (exact) mass is 260 g/mol. The molecule has 0 N–H and O–H groups in total. The van der Waals surface area contributed by atoms with Gasteiger partial charge in [-0.05, 0) is 46.9 Å². The standard InChI is InChI=1S/C16H17ClO/c1-11(2)15-10-13(6-9-16(15)17)12-4-7-14(18-3)8-5-12/h4-11H,1-3H3. The lowest BCUT2D eigenvalue weighted by molar-refractivity contribution is 0.415. The van der Waals surface area contributed by atoms with E-state index in [1.807, 2.05) is 18.2 Å². The molecule has 0 aliphatic heterocycles. The van der Waals surface area contributed by atoms with E-state index in [-0.39, 0.29) is 0 Å². The van der Waals surface area contributed by atoms with Gasteiger partial charge >= 0.3 is 0 Å². The fourth-order valence-corrected chi connectivity index (χ4v) is 2.28. The number of halogens is 1. The molecule has 0 fully saturated rings. The molecule has 0 heterocycles. The SMILES string of the molecule is COc1ccc(-c2ccc(Cl)c(C(C)C)c2)cc1. The van der Waals surface area contributed by atoms with Crippen LogP contribution in [-0.2, 0) is 0 Å². The molecule has 2 aromatic carbocycles. The predicted octanol–water partition coefficient (Wildman–Crippen LogP) is 5.14. The predicted molar refractivity (Wildman–Crippen MR) is 77.5 cm³/mol. The summed E-state index contributed by atoms with van der Waals surface area (Å²) < 4.78 is 5.17. The van der Waals surface area contributed by atoms with Gasteiger partial charge in [-0.3, -0.25) is 0 Å². The molecule has 1 nitrogen and oxygen atoms in total. The van der Waals surface area contributed by atoms with Crippen molar-refractivity contribution in [1.29, 1.82) is 0 Å². The van der Waals surface area contributed by atoms with E-state index in [0.717, 1.165) is 10.8 Å². The summed E-state index contributed by atoms with van der Waals surface area (Å²) >= 11 is 6.21. The van der Waals surface area contributed by atoms with Gasteiger partial charge in [0.05, 0.1) is 7.11 Å². The first-order valence-corrected chi connectivity index (χ1v) is 6.43. The van der Waals surface area contributed by atoms with Crippen LogP contribution in [0.4, 0.5) is 0 Å². The molecule has 94 valence electrons. The molecule has 2 heteroatoms. The lowest BCUT2D eigenvalue weighted by Gasteiger charge is -2.11. The number of methoxy groups -OCH3 is 1. The zero-order valence-electron chi connectivity index (χ0n) is 10.9. The Labute approximate surface area is 113 Å². The molecule has 0 spiro atoms. The second-order valence-corrected chi connectivity index (χ2v) is 5.03. The summed E-state index contributed by atoms with van der Waals surface area (Å²) in [5, 5.41) is 0.835. The van der Waals surface area contributed by atoms with Crippen LogP contribution >= 0.6 is 11.6 Å². The van der Waals surface area contributed by atoms with Gasteiger partial charge in [0.25, 0.3) is 0 Å². The van der Waals surface area contributed by atoms with E-state index in [4.69, 9.17) is 16.3 Å². The fraction of sp³-hybridized carbons (Fsp3) is 0.250. The van der Waals surface area contributed by atoms with Gasteiger partial charge in [-0.2, -0.15) is 0 Å². The van der Waals surface area contributed by atoms with Crippen LogP contribution in [0.1, 0.15) is 25.3 Å². The Bertz CT molecular complexity index is 529. The van der Waals surface area contributed by atoms with Crippen molar-refractivity contribution in [1.82, 2.24) is 0 Å². The molecule has 0 amide bonds. The maximum atomic E-state index is 6.21. The van der Waals surface area contributed by atoms with E-state index in [9.17, 15) is 0 Å². The summed E-state index contributed by atoms with van der Waals surface area (Å²) in [5.74, 6) is 1.30. The smallest absolute Gasteiger partial charge is 0.118 e. The molecule has 2 rings (SSSR count). The Morgan fingerprint density at radius 3 is 2.11 bits per heavy atom. The van der Waals surface area contributed by atoms with Crippen molar-refractivity contribution in [2.75, 3.05) is 7.11 Å². The highest BCUT2D eigenvalue weighted by molar-refractivity contribution is 6.31. The summed E-state index contributed by atoms with van der Waals surface area (Å²) in [4.78, 5) is 0. The van der Waals surface area contributed by atoms with Gasteiger partial charge in [-0.1, -0.05) is 43.6 Å². The maximum Gasteiger partial charge on any atom is 0.118 e. The van der Waals surface area contributed by atoms with Gasteiger partial charge in [-0.15, -0.1) is 0 Å². The normalized spacial score (nSPS) is 10.7. The zero-order valence-corrected chi connectivity index (χ0v) is 11.7. The highest BCUT2D eigenvalue weighted by Gasteiger charge is 2.07. The zero-order chi connectivity index (χ0) is 13.1. The van der Waals surface area contributed by atoms with Gasteiger partial charge in [0.1, 0.15) is 5.75 Å². The van der Waals surface area contributed by atoms with E-state index < -0.39 is 0 Å². The highest BCUT2D eigenvalue weighted by Crippen LogP contribution is 2.30. The second kappa shape index (κ2) is 5.45. The van der Waals surface area contributed by atoms with E-state index in [2.05, 4.69) is 38.1 Å². The molecule has 0 aromatic heterocycles. The van der Waals surface area contributed by atoms with Crippen LogP contribution in [0.2, 0.25) is 5.02 Å². The molecule has 0 saturated carbocycles. The Morgan fingerprint density at radius 1 is 0.944 bits per heavy atom. The fourth-order valence-electron chi connectivity index (χ4n) is 1.95. The number of benzene rings is 2. The second-order valence-electron chi connectivity index (χ2n) is 4.62. The van der Waals surface area contributed by atoms with Crippen molar-refractivity contribution >= 4 is 11.6 Å². The first kappa shape index (κ1) is 13.0. The van der Waals surface area contributed by atoms with Crippen molar-refractivity contribution < 1.29 is 4.74 Å². The van der Waals surface area contributed by atoms with Gasteiger partial charge in [0.15, 0.2) is 0 Å². The van der Waals surface area contributed by atoms with Gasteiger partial charge in [0, 0.05) is 5.02 Å². The van der Waals surface area contributed by atoms with Crippen molar-refractivity contribution in [2.24, 2.45) is 0 Å². The number of hydrogen-bond acceptors (Lipinski definition) is 1. The third kappa shape index (κ3) is 2.68. The lowest BCUT2D eigenvalue weighted by atomic mass is 9.97. The summed E-state index contributed by atoms with van der Waals surface area (Å²) in [7, 11) is 1.67. The van der Waals surface area contributed by atoms with Gasteiger partial charge < -0.3 is 4.74 Å². The van der Waals surface area contributed by atoms with Crippen LogP contribution in [0.15, 0.2) is 42.5 Å². The minimum Gasteiger partial charge on any atom is -0.497 e. The quantitative estimate of drug-likeness (QED) is 0.743. The topological polar surface area (TPSA) is 9.23 Å². The van der Waals surface area contributed by atoms with E-state index >= 15 is 0 Å². The van der Waals surface area contributed by atoms with Crippen LogP contribution in [-0.4, -0.2) is 7.11 Å². The lowest BCUT2D eigenvalue weighted by Crippen LogP contribution is -1.90. The number of hydrogen-bond donors (Lipinski definition) is 0. The molecule has 0 atom stereocenters. The number of rotatable bonds is 3. The molecule has 0 bridgehead atoms. The molecule has 0 saturated heterocycles. The minimum atomic E-state index is 0.427. The Kier molecular flexibility index (Phi) is 3.93. The Balaban J connectivity index is 2.41. The van der Waals surface area contributed by atoms with Gasteiger partial charge in [0.2, 0.25) is 0 Å². The van der Waals surface area contributed by atoms with Crippen LogP contribution in [0.25, 0.3) is 11.1 Å². The molecular weight excluding hydrogens is 244 g/mol. The van der Waals surface area contributed by atoms with Crippen molar-refractivity contribution in [3.05, 3.63) is 53.1 Å². The van der Waals surface area contributed by atoms with Crippen molar-refractivity contribution in [2.45, 2.75) is 19.8 Å². The van der Waals surface area contributed by atoms with Crippen LogP contribution in [0.5, 0.6) is 5.75 Å². The highest BCUT2D eigenvalue weighted by atomic mass is 35.5. The molecular formula is C16H17ClO. The van der Waals surface area contributed by atoms with Crippen LogP contribution in [0, 0.1) is 0 Å². The average molecular weight is 261 g/mol. The maximum absolute atomic E-state index is 6.21. The van der Waals surface area contributed by atoms with Crippen LogP contribution in [0.3, 0.4) is 0 Å². The summed E-state index contributed by atoms with van der Waals surface area (Å²) in [5.41, 5.74) is 3.55. The minimum absolute atomic E-state index is 0.427. The van der Waals surface area contributed by atoms with E-state index in [0.29, 0.717) is 5.92 Å². The third-order valence-corrected chi connectivity index (χ3v) is 3.39. The van der Waals surface area contributed by atoms with Crippen LogP contribution < -0.4 is 4.74 Å². The van der Waals surface area contributed by atoms with Crippen molar-refractivity contribution in [3.8, 4) is 16.9 Å². The molecule has 18 heavy (non-hydrogen) atoms. The first-order chi connectivity index (χ1) is 8.61. The summed E-state index contributed by atoms with van der Waals surface area (Å²) in [6.07, 6.45) is 0. The molecule has 0 radical (unpaired) electrons. The molecule has 0 aliphatic rings. The Hall–Kier alpha value is -1.47. The Morgan fingerprint density at radius 2 is 1.56 bits per heavy atom. The molecule has 0 unspecified atom stereocenters. The summed E-state index contributed by atoms with van der Waals surface area (Å²) in [6, 6.07) is 14.2.